The molecule has 0 atom stereocenters. The second kappa shape index (κ2) is 2.62. The van der Waals surface area contributed by atoms with E-state index in [0.717, 1.165) is 11.3 Å². The lowest BCUT2D eigenvalue weighted by Gasteiger charge is -1.93. The summed E-state index contributed by atoms with van der Waals surface area (Å²) in [6.07, 6.45) is 0. The first kappa shape index (κ1) is 8.20. The largest absolute Gasteiger partial charge is 0.366 e. The fraction of sp³-hybridized carbons (Fsp3) is 0.286. The molecule has 0 saturated heterocycles. The van der Waals surface area contributed by atoms with E-state index in [9.17, 15) is 4.79 Å². The fourth-order valence-electron chi connectivity index (χ4n) is 1.10. The molecule has 0 aliphatic heterocycles. The van der Waals surface area contributed by atoms with Crippen molar-refractivity contribution in [1.29, 1.82) is 0 Å². The van der Waals surface area contributed by atoms with Gasteiger partial charge in [-0.3, -0.25) is 4.79 Å². The highest BCUT2D eigenvalue weighted by atomic mass is 32.1. The summed E-state index contributed by atoms with van der Waals surface area (Å²) in [6.45, 7) is 3.61. The predicted molar refractivity (Wildman–Crippen MR) is 46.0 cm³/mol. The average Bonchev–Trinajstić information content (AvgIpc) is 2.07. The molecule has 3 N–H and O–H groups in total. The van der Waals surface area contributed by atoms with Crippen molar-refractivity contribution in [2.24, 2.45) is 5.73 Å². The molecule has 11 heavy (non-hydrogen) atoms. The minimum atomic E-state index is -0.406. The quantitative estimate of drug-likeness (QED) is 0.541. The van der Waals surface area contributed by atoms with Crippen LogP contribution in [0.1, 0.15) is 21.6 Å². The Kier molecular flexibility index (Phi) is 1.95. The van der Waals surface area contributed by atoms with Crippen LogP contribution in [0.3, 0.4) is 0 Å². The number of aromatic nitrogens is 1. The molecule has 1 rings (SSSR count). The Morgan fingerprint density at radius 1 is 1.55 bits per heavy atom. The van der Waals surface area contributed by atoms with Crippen molar-refractivity contribution in [2.75, 3.05) is 0 Å². The molecule has 0 aliphatic carbocycles. The van der Waals surface area contributed by atoms with E-state index in [1.165, 1.54) is 0 Å². The monoisotopic (exact) mass is 170 g/mol. The maximum atomic E-state index is 10.8. The van der Waals surface area contributed by atoms with Gasteiger partial charge in [-0.15, -0.1) is 12.6 Å². The van der Waals surface area contributed by atoms with Crippen molar-refractivity contribution in [3.05, 3.63) is 16.8 Å². The van der Waals surface area contributed by atoms with Crippen LogP contribution in [0.5, 0.6) is 0 Å². The van der Waals surface area contributed by atoms with E-state index in [1.54, 1.807) is 6.92 Å². The number of hydrogen-bond donors (Lipinski definition) is 3. The molecule has 1 amide bonds. The smallest absolute Gasteiger partial charge is 0.250 e. The molecule has 0 spiro atoms. The number of thiol groups is 1. The molecule has 1 aromatic rings. The minimum Gasteiger partial charge on any atom is -0.366 e. The SMILES string of the molecule is Cc1[nH]c(S)c(C)c1C(N)=O. The minimum absolute atomic E-state index is 0.406. The van der Waals surface area contributed by atoms with Crippen molar-refractivity contribution in [2.45, 2.75) is 18.9 Å². The van der Waals surface area contributed by atoms with Crippen LogP contribution in [0.15, 0.2) is 5.03 Å². The summed E-state index contributed by atoms with van der Waals surface area (Å²) in [4.78, 5) is 13.7. The molecule has 0 bridgehead atoms. The van der Waals surface area contributed by atoms with Crippen LogP contribution >= 0.6 is 12.6 Å². The predicted octanol–water partition coefficient (Wildman–Crippen LogP) is 1.02. The van der Waals surface area contributed by atoms with Gasteiger partial charge in [-0.25, -0.2) is 0 Å². The molecule has 4 heteroatoms. The van der Waals surface area contributed by atoms with Crippen LogP contribution in [-0.2, 0) is 0 Å². The van der Waals surface area contributed by atoms with Gasteiger partial charge < -0.3 is 10.7 Å². The molecule has 1 aromatic heterocycles. The zero-order valence-electron chi connectivity index (χ0n) is 6.43. The number of primary amides is 1. The zero-order valence-corrected chi connectivity index (χ0v) is 7.33. The van der Waals surface area contributed by atoms with Crippen molar-refractivity contribution < 1.29 is 4.79 Å². The number of nitrogens with one attached hydrogen (secondary N) is 1. The van der Waals surface area contributed by atoms with Gasteiger partial charge >= 0.3 is 0 Å². The van der Waals surface area contributed by atoms with Gasteiger partial charge in [0.15, 0.2) is 0 Å². The summed E-state index contributed by atoms with van der Waals surface area (Å²) >= 11 is 4.12. The van der Waals surface area contributed by atoms with Crippen molar-refractivity contribution in [3.63, 3.8) is 0 Å². The summed E-state index contributed by atoms with van der Waals surface area (Å²) in [5, 5.41) is 0.705. The van der Waals surface area contributed by atoms with Crippen LogP contribution in [0.25, 0.3) is 0 Å². The highest BCUT2D eigenvalue weighted by molar-refractivity contribution is 7.80. The second-order valence-electron chi connectivity index (χ2n) is 2.46. The number of amides is 1. The molecule has 0 unspecified atom stereocenters. The van der Waals surface area contributed by atoms with E-state index < -0.39 is 5.91 Å². The van der Waals surface area contributed by atoms with E-state index in [2.05, 4.69) is 17.6 Å². The van der Waals surface area contributed by atoms with Gasteiger partial charge in [-0.2, -0.15) is 0 Å². The summed E-state index contributed by atoms with van der Waals surface area (Å²) in [7, 11) is 0. The van der Waals surface area contributed by atoms with E-state index in [4.69, 9.17) is 5.73 Å². The Balaban J connectivity index is 3.34. The Morgan fingerprint density at radius 3 is 2.27 bits per heavy atom. The lowest BCUT2D eigenvalue weighted by atomic mass is 10.1. The van der Waals surface area contributed by atoms with E-state index in [1.807, 2.05) is 6.92 Å². The Labute approximate surface area is 70.4 Å². The number of rotatable bonds is 1. The van der Waals surface area contributed by atoms with Gasteiger partial charge in [0, 0.05) is 5.69 Å². The molecule has 0 aliphatic rings. The topological polar surface area (TPSA) is 58.9 Å². The summed E-state index contributed by atoms with van der Waals surface area (Å²) in [5.74, 6) is -0.406. The van der Waals surface area contributed by atoms with E-state index in [-0.39, 0.29) is 0 Å². The van der Waals surface area contributed by atoms with E-state index >= 15 is 0 Å². The van der Waals surface area contributed by atoms with Crippen LogP contribution in [0, 0.1) is 13.8 Å². The Hall–Kier alpha value is -0.900. The summed E-state index contributed by atoms with van der Waals surface area (Å²) in [6, 6.07) is 0. The molecule has 60 valence electrons. The number of nitrogens with two attached hydrogens (primary N) is 1. The molecule has 3 nitrogen and oxygen atoms in total. The maximum Gasteiger partial charge on any atom is 0.250 e. The van der Waals surface area contributed by atoms with Crippen molar-refractivity contribution in [1.82, 2.24) is 4.98 Å². The number of carbonyl (C=O) groups is 1. The molecule has 0 saturated carbocycles. The van der Waals surface area contributed by atoms with Gasteiger partial charge in [0.2, 0.25) is 0 Å². The third kappa shape index (κ3) is 1.26. The van der Waals surface area contributed by atoms with Gasteiger partial charge in [-0.1, -0.05) is 0 Å². The number of aryl methyl sites for hydroxylation is 1. The molecular weight excluding hydrogens is 160 g/mol. The van der Waals surface area contributed by atoms with Gasteiger partial charge in [0.05, 0.1) is 10.6 Å². The summed E-state index contributed by atoms with van der Waals surface area (Å²) < 4.78 is 0. The van der Waals surface area contributed by atoms with Crippen LogP contribution < -0.4 is 5.73 Å². The lowest BCUT2D eigenvalue weighted by Crippen LogP contribution is -2.12. The number of aromatic amines is 1. The number of carbonyl (C=O) groups excluding carboxylic acids is 1. The molecule has 1 heterocycles. The first-order chi connectivity index (χ1) is 5.04. The lowest BCUT2D eigenvalue weighted by molar-refractivity contribution is 0.0999. The standard InChI is InChI=1S/C7H10N2OS/c1-3-5(6(8)10)4(2)9-7(3)11/h9,11H,1-2H3,(H2,8,10). The molecule has 0 aromatic carbocycles. The highest BCUT2D eigenvalue weighted by Crippen LogP contribution is 2.19. The third-order valence-electron chi connectivity index (χ3n) is 1.66. The van der Waals surface area contributed by atoms with Gasteiger partial charge in [0.1, 0.15) is 0 Å². The summed E-state index contributed by atoms with van der Waals surface area (Å²) in [5.41, 5.74) is 7.28. The Bertz CT molecular complexity index is 304. The number of hydrogen-bond acceptors (Lipinski definition) is 2. The third-order valence-corrected chi connectivity index (χ3v) is 2.10. The van der Waals surface area contributed by atoms with Crippen LogP contribution in [0.4, 0.5) is 0 Å². The normalized spacial score (nSPS) is 10.1. The highest BCUT2D eigenvalue weighted by Gasteiger charge is 2.12. The van der Waals surface area contributed by atoms with Crippen molar-refractivity contribution >= 4 is 18.5 Å². The zero-order chi connectivity index (χ0) is 8.59. The fourth-order valence-corrected chi connectivity index (χ4v) is 1.38. The first-order valence-corrected chi connectivity index (χ1v) is 3.66. The van der Waals surface area contributed by atoms with Gasteiger partial charge in [0.25, 0.3) is 5.91 Å². The Morgan fingerprint density at radius 2 is 2.09 bits per heavy atom. The molecule has 0 fully saturated rings. The molecular formula is C7H10N2OS. The van der Waals surface area contributed by atoms with Crippen LogP contribution in [-0.4, -0.2) is 10.9 Å². The van der Waals surface area contributed by atoms with E-state index in [0.29, 0.717) is 10.6 Å². The van der Waals surface area contributed by atoms with Gasteiger partial charge in [-0.05, 0) is 19.4 Å². The number of H-pyrrole nitrogens is 1. The first-order valence-electron chi connectivity index (χ1n) is 3.22. The van der Waals surface area contributed by atoms with Crippen molar-refractivity contribution in [3.8, 4) is 0 Å². The second-order valence-corrected chi connectivity index (χ2v) is 2.91. The van der Waals surface area contributed by atoms with Crippen LogP contribution in [0.2, 0.25) is 0 Å². The maximum absolute atomic E-state index is 10.8. The average molecular weight is 170 g/mol. The molecule has 0 radical (unpaired) electrons.